The van der Waals surface area contributed by atoms with Gasteiger partial charge in [-0.15, -0.1) is 0 Å². The van der Waals surface area contributed by atoms with E-state index >= 15 is 0 Å². The fourth-order valence-electron chi connectivity index (χ4n) is 3.37. The Morgan fingerprint density at radius 1 is 0.844 bits per heavy atom. The second-order valence-corrected chi connectivity index (χ2v) is 6.98. The number of benzene rings is 3. The molecule has 1 aliphatic rings. The highest BCUT2D eigenvalue weighted by molar-refractivity contribution is 6.34. The number of hydrogen-bond acceptors (Lipinski definition) is 6. The lowest BCUT2D eigenvalue weighted by molar-refractivity contribution is -0.131. The molecule has 1 heterocycles. The van der Waals surface area contributed by atoms with Crippen LogP contribution in [0, 0.1) is 0 Å². The molecule has 0 spiro atoms. The number of imide groups is 1. The molecule has 1 aliphatic heterocycles. The Morgan fingerprint density at radius 2 is 1.56 bits per heavy atom. The molecule has 0 saturated heterocycles. The van der Waals surface area contributed by atoms with Crippen molar-refractivity contribution in [1.29, 1.82) is 0 Å². The van der Waals surface area contributed by atoms with Gasteiger partial charge in [0.25, 0.3) is 17.7 Å². The maximum absolute atomic E-state index is 13.0. The van der Waals surface area contributed by atoms with Crippen LogP contribution in [-0.4, -0.2) is 30.8 Å². The number of anilines is 2. The van der Waals surface area contributed by atoms with Crippen LogP contribution >= 0.6 is 0 Å². The number of amides is 3. The number of carbonyl (C=O) groups is 4. The number of methoxy groups -OCH3 is 1. The van der Waals surface area contributed by atoms with Gasteiger partial charge in [-0.05, 0) is 42.5 Å². The quantitative estimate of drug-likeness (QED) is 0.376. The van der Waals surface area contributed by atoms with E-state index in [4.69, 9.17) is 9.47 Å². The third-order valence-electron chi connectivity index (χ3n) is 4.81. The Bertz CT molecular complexity index is 1270. The smallest absolute Gasteiger partial charge is 0.308 e. The Labute approximate surface area is 183 Å². The van der Waals surface area contributed by atoms with Gasteiger partial charge in [-0.25, -0.2) is 4.90 Å². The van der Waals surface area contributed by atoms with Crippen molar-refractivity contribution in [2.75, 3.05) is 17.3 Å². The number of nitrogens with one attached hydrogen (secondary N) is 1. The Balaban J connectivity index is 1.58. The summed E-state index contributed by atoms with van der Waals surface area (Å²) in [6, 6.07) is 17.3. The van der Waals surface area contributed by atoms with Gasteiger partial charge < -0.3 is 14.8 Å². The van der Waals surface area contributed by atoms with Crippen molar-refractivity contribution in [1.82, 2.24) is 0 Å². The van der Waals surface area contributed by atoms with Crippen LogP contribution < -0.4 is 19.7 Å². The van der Waals surface area contributed by atoms with Crippen LogP contribution in [0.25, 0.3) is 0 Å². The van der Waals surface area contributed by atoms with E-state index in [1.165, 1.54) is 38.3 Å². The van der Waals surface area contributed by atoms with Gasteiger partial charge in [-0.3, -0.25) is 19.2 Å². The van der Waals surface area contributed by atoms with E-state index in [2.05, 4.69) is 5.32 Å². The molecule has 160 valence electrons. The number of rotatable bonds is 5. The summed E-state index contributed by atoms with van der Waals surface area (Å²) in [5.74, 6) is -1.15. The van der Waals surface area contributed by atoms with Crippen molar-refractivity contribution in [3.63, 3.8) is 0 Å². The maximum atomic E-state index is 13.0. The lowest BCUT2D eigenvalue weighted by atomic mass is 10.1. The summed E-state index contributed by atoms with van der Waals surface area (Å²) < 4.78 is 10.2. The van der Waals surface area contributed by atoms with Gasteiger partial charge in [-0.1, -0.05) is 12.1 Å². The van der Waals surface area contributed by atoms with Gasteiger partial charge in [0.1, 0.15) is 11.5 Å². The molecule has 0 bridgehead atoms. The minimum absolute atomic E-state index is 0.138. The first kappa shape index (κ1) is 20.8. The van der Waals surface area contributed by atoms with Crippen molar-refractivity contribution in [3.8, 4) is 11.5 Å². The average molecular weight is 430 g/mol. The summed E-state index contributed by atoms with van der Waals surface area (Å²) in [5.41, 5.74) is 1.35. The molecule has 0 fully saturated rings. The predicted octanol–water partition coefficient (Wildman–Crippen LogP) is 3.67. The Hall–Kier alpha value is -4.46. The molecule has 4 rings (SSSR count). The van der Waals surface area contributed by atoms with Gasteiger partial charge >= 0.3 is 5.97 Å². The van der Waals surface area contributed by atoms with E-state index in [9.17, 15) is 19.2 Å². The minimum atomic E-state index is -0.523. The van der Waals surface area contributed by atoms with Gasteiger partial charge in [0.15, 0.2) is 0 Å². The summed E-state index contributed by atoms with van der Waals surface area (Å²) in [7, 11) is 1.49. The van der Waals surface area contributed by atoms with Crippen LogP contribution in [0.1, 0.15) is 38.0 Å². The first-order valence-electron chi connectivity index (χ1n) is 9.64. The van der Waals surface area contributed by atoms with Crippen LogP contribution in [0.5, 0.6) is 11.5 Å². The molecule has 0 atom stereocenters. The lowest BCUT2D eigenvalue weighted by Crippen LogP contribution is -2.29. The molecule has 8 heteroatoms. The third kappa shape index (κ3) is 3.93. The molecule has 3 aromatic rings. The molecule has 8 nitrogen and oxygen atoms in total. The first-order valence-corrected chi connectivity index (χ1v) is 9.64. The molecule has 3 amide bonds. The Morgan fingerprint density at radius 3 is 2.31 bits per heavy atom. The summed E-state index contributed by atoms with van der Waals surface area (Å²) in [5, 5.41) is 2.69. The highest BCUT2D eigenvalue weighted by atomic mass is 16.5. The van der Waals surface area contributed by atoms with Crippen molar-refractivity contribution >= 4 is 35.1 Å². The molecule has 32 heavy (non-hydrogen) atoms. The number of esters is 1. The summed E-state index contributed by atoms with van der Waals surface area (Å²) in [6.45, 7) is 1.28. The van der Waals surface area contributed by atoms with Crippen LogP contribution in [0.3, 0.4) is 0 Å². The normalized spacial score (nSPS) is 12.4. The second-order valence-electron chi connectivity index (χ2n) is 6.98. The fraction of sp³-hybridized carbons (Fsp3) is 0.0833. The highest BCUT2D eigenvalue weighted by Gasteiger charge is 2.37. The zero-order chi connectivity index (χ0) is 22.8. The first-order chi connectivity index (χ1) is 15.4. The van der Waals surface area contributed by atoms with Crippen LogP contribution in [-0.2, 0) is 4.79 Å². The number of fused-ring (bicyclic) bond motifs is 1. The maximum Gasteiger partial charge on any atom is 0.308 e. The van der Waals surface area contributed by atoms with Crippen molar-refractivity contribution < 1.29 is 28.7 Å². The molecule has 1 N–H and O–H groups in total. The van der Waals surface area contributed by atoms with E-state index in [1.807, 2.05) is 0 Å². The monoisotopic (exact) mass is 430 g/mol. The second kappa shape index (κ2) is 8.35. The van der Waals surface area contributed by atoms with Crippen LogP contribution in [0.4, 0.5) is 11.4 Å². The third-order valence-corrected chi connectivity index (χ3v) is 4.81. The molecule has 3 aromatic carbocycles. The van der Waals surface area contributed by atoms with Gasteiger partial charge in [0.2, 0.25) is 0 Å². The standard InChI is InChI=1S/C24H18N2O6/c1-14(27)32-19-8-3-5-16(12-19)25-22(28)15-9-10-20-21(11-15)24(30)26(23(20)29)17-6-4-7-18(13-17)31-2/h3-13H,1-2H3,(H,25,28). The largest absolute Gasteiger partial charge is 0.497 e. The zero-order valence-corrected chi connectivity index (χ0v) is 17.2. The van der Waals surface area contributed by atoms with E-state index in [-0.39, 0.29) is 16.7 Å². The van der Waals surface area contributed by atoms with E-state index in [0.29, 0.717) is 22.9 Å². The molecule has 0 aliphatic carbocycles. The molecule has 0 unspecified atom stereocenters. The summed E-state index contributed by atoms with van der Waals surface area (Å²) in [4.78, 5) is 50.7. The molecular formula is C24H18N2O6. The minimum Gasteiger partial charge on any atom is -0.497 e. The number of hydrogen-bond donors (Lipinski definition) is 1. The Kier molecular flexibility index (Phi) is 5.43. The van der Waals surface area contributed by atoms with Crippen molar-refractivity contribution in [3.05, 3.63) is 83.4 Å². The van der Waals surface area contributed by atoms with E-state index < -0.39 is 23.7 Å². The highest BCUT2D eigenvalue weighted by Crippen LogP contribution is 2.31. The predicted molar refractivity (Wildman–Crippen MR) is 116 cm³/mol. The van der Waals surface area contributed by atoms with Crippen LogP contribution in [0.2, 0.25) is 0 Å². The fourth-order valence-corrected chi connectivity index (χ4v) is 3.37. The molecule has 0 saturated carbocycles. The molecule has 0 radical (unpaired) electrons. The molecular weight excluding hydrogens is 412 g/mol. The lowest BCUT2D eigenvalue weighted by Gasteiger charge is -2.14. The van der Waals surface area contributed by atoms with Gasteiger partial charge in [-0.2, -0.15) is 0 Å². The summed E-state index contributed by atoms with van der Waals surface area (Å²) in [6.07, 6.45) is 0. The van der Waals surface area contributed by atoms with Gasteiger partial charge in [0.05, 0.1) is 23.9 Å². The number of nitrogens with zero attached hydrogens (tertiary/aromatic N) is 1. The van der Waals surface area contributed by atoms with Crippen LogP contribution in [0.15, 0.2) is 66.7 Å². The van der Waals surface area contributed by atoms with Gasteiger partial charge in [0, 0.05) is 30.3 Å². The topological polar surface area (TPSA) is 102 Å². The number of carbonyl (C=O) groups excluding carboxylic acids is 4. The SMILES string of the molecule is COc1cccc(N2C(=O)c3ccc(C(=O)Nc4cccc(OC(C)=O)c4)cc3C2=O)c1. The number of ether oxygens (including phenoxy) is 2. The van der Waals surface area contributed by atoms with E-state index in [0.717, 1.165) is 4.90 Å². The summed E-state index contributed by atoms with van der Waals surface area (Å²) >= 11 is 0. The van der Waals surface area contributed by atoms with Crippen molar-refractivity contribution in [2.45, 2.75) is 6.92 Å². The zero-order valence-electron chi connectivity index (χ0n) is 17.2. The van der Waals surface area contributed by atoms with E-state index in [1.54, 1.807) is 42.5 Å². The van der Waals surface area contributed by atoms with Crippen molar-refractivity contribution in [2.24, 2.45) is 0 Å². The molecule has 0 aromatic heterocycles. The average Bonchev–Trinajstić information content (AvgIpc) is 3.03.